The molecule has 0 bridgehead atoms. The first kappa shape index (κ1) is 16.5. The lowest BCUT2D eigenvalue weighted by Crippen LogP contribution is -2.26. The number of nitrogens with one attached hydrogen (secondary N) is 1. The van der Waals surface area contributed by atoms with Crippen LogP contribution >= 0.6 is 23.1 Å². The van der Waals surface area contributed by atoms with Gasteiger partial charge >= 0.3 is 0 Å². The van der Waals surface area contributed by atoms with E-state index in [0.29, 0.717) is 6.54 Å². The minimum absolute atomic E-state index is 0.0343. The van der Waals surface area contributed by atoms with Crippen LogP contribution < -0.4 is 5.32 Å². The number of carbonyl (C=O) groups excluding carboxylic acids is 1. The number of hydrogen-bond acceptors (Lipinski definition) is 6. The van der Waals surface area contributed by atoms with Crippen LogP contribution in [0.2, 0.25) is 0 Å². The van der Waals surface area contributed by atoms with Gasteiger partial charge < -0.3 is 10.2 Å². The highest BCUT2D eigenvalue weighted by atomic mass is 32.2. The average Bonchev–Trinajstić information content (AvgIpc) is 2.98. The highest BCUT2D eigenvalue weighted by Crippen LogP contribution is 2.38. The molecule has 1 aromatic carbocycles. The molecule has 7 heteroatoms. The van der Waals surface area contributed by atoms with Crippen molar-refractivity contribution in [3.8, 4) is 0 Å². The van der Waals surface area contributed by atoms with Crippen LogP contribution in [0.5, 0.6) is 0 Å². The largest absolute Gasteiger partial charge is 0.357 e. The summed E-state index contributed by atoms with van der Waals surface area (Å²) in [4.78, 5) is 14.1. The Morgan fingerprint density at radius 3 is 2.77 bits per heavy atom. The summed E-state index contributed by atoms with van der Waals surface area (Å²) in [6.07, 6.45) is 1.76. The third-order valence-corrected chi connectivity index (χ3v) is 5.00. The Kier molecular flexibility index (Phi) is 5.97. The van der Waals surface area contributed by atoms with Crippen LogP contribution in [0.25, 0.3) is 0 Å². The SMILES string of the molecule is C=CCNc1nnc(S[C@@H](C(=O)N(C)C)c2ccccc2)s1. The summed E-state index contributed by atoms with van der Waals surface area (Å²) in [5.41, 5.74) is 0.960. The van der Waals surface area contributed by atoms with Crippen LogP contribution in [0, 0.1) is 0 Å². The minimum Gasteiger partial charge on any atom is -0.357 e. The number of hydrogen-bond donors (Lipinski definition) is 1. The number of benzene rings is 1. The quantitative estimate of drug-likeness (QED) is 0.623. The van der Waals surface area contributed by atoms with Gasteiger partial charge in [-0.15, -0.1) is 16.8 Å². The molecule has 1 N–H and O–H groups in total. The van der Waals surface area contributed by atoms with Crippen molar-refractivity contribution in [3.05, 3.63) is 48.6 Å². The maximum atomic E-state index is 12.5. The number of amides is 1. The van der Waals surface area contributed by atoms with Crippen molar-refractivity contribution >= 4 is 34.1 Å². The number of nitrogens with zero attached hydrogens (tertiary/aromatic N) is 3. The lowest BCUT2D eigenvalue weighted by molar-refractivity contribution is -0.128. The van der Waals surface area contributed by atoms with Gasteiger partial charge in [-0.05, 0) is 5.56 Å². The molecule has 0 saturated heterocycles. The van der Waals surface area contributed by atoms with Crippen molar-refractivity contribution < 1.29 is 4.79 Å². The van der Waals surface area contributed by atoms with E-state index >= 15 is 0 Å². The summed E-state index contributed by atoms with van der Waals surface area (Å²) < 4.78 is 0.760. The highest BCUT2D eigenvalue weighted by Gasteiger charge is 2.25. The number of likely N-dealkylation sites (N-methyl/N-ethyl adjacent to an activating group) is 1. The lowest BCUT2D eigenvalue weighted by Gasteiger charge is -2.19. The van der Waals surface area contributed by atoms with Crippen molar-refractivity contribution in [2.45, 2.75) is 9.59 Å². The molecule has 0 unspecified atom stereocenters. The zero-order chi connectivity index (χ0) is 15.9. The van der Waals surface area contributed by atoms with Crippen molar-refractivity contribution in [3.63, 3.8) is 0 Å². The summed E-state index contributed by atoms with van der Waals surface area (Å²) >= 11 is 2.86. The molecule has 1 amide bonds. The number of rotatable bonds is 7. The molecule has 1 aromatic heterocycles. The van der Waals surface area contributed by atoms with Gasteiger partial charge in [-0.2, -0.15) is 0 Å². The number of anilines is 1. The van der Waals surface area contributed by atoms with Crippen molar-refractivity contribution in [2.75, 3.05) is 26.0 Å². The molecule has 22 heavy (non-hydrogen) atoms. The van der Waals surface area contributed by atoms with Gasteiger partial charge in [0.05, 0.1) is 0 Å². The molecule has 0 fully saturated rings. The van der Waals surface area contributed by atoms with Crippen LogP contribution in [-0.4, -0.2) is 41.6 Å². The number of carbonyl (C=O) groups is 1. The fourth-order valence-electron chi connectivity index (χ4n) is 1.71. The van der Waals surface area contributed by atoms with E-state index in [1.54, 1.807) is 25.1 Å². The van der Waals surface area contributed by atoms with Crippen molar-refractivity contribution in [2.24, 2.45) is 0 Å². The predicted molar refractivity (Wildman–Crippen MR) is 92.3 cm³/mol. The van der Waals surface area contributed by atoms with Crippen LogP contribution in [-0.2, 0) is 4.79 Å². The van der Waals surface area contributed by atoms with E-state index in [1.165, 1.54) is 23.1 Å². The van der Waals surface area contributed by atoms with E-state index in [0.717, 1.165) is 15.0 Å². The Balaban J connectivity index is 2.18. The molecule has 1 heterocycles. The first-order valence-electron chi connectivity index (χ1n) is 6.73. The molecule has 116 valence electrons. The van der Waals surface area contributed by atoms with E-state index in [9.17, 15) is 4.79 Å². The third kappa shape index (κ3) is 4.32. The second-order valence-electron chi connectivity index (χ2n) is 4.68. The Bertz CT molecular complexity index is 627. The standard InChI is InChI=1S/C15H18N4OS2/c1-4-10-16-14-17-18-15(22-14)21-12(13(20)19(2)3)11-8-6-5-7-9-11/h4-9,12H,1,10H2,2-3H3,(H,16,17)/t12-/m1/s1. The molecule has 0 radical (unpaired) electrons. The summed E-state index contributed by atoms with van der Waals surface area (Å²) in [6.45, 7) is 4.29. The molecule has 0 spiro atoms. The molecule has 0 saturated carbocycles. The van der Waals surface area contributed by atoms with E-state index in [4.69, 9.17) is 0 Å². The normalized spacial score (nSPS) is 11.7. The molecule has 0 aliphatic rings. The fraction of sp³-hybridized carbons (Fsp3) is 0.267. The van der Waals surface area contributed by atoms with Gasteiger partial charge in [-0.1, -0.05) is 59.5 Å². The van der Waals surface area contributed by atoms with Gasteiger partial charge in [0.2, 0.25) is 11.0 Å². The third-order valence-electron chi connectivity index (χ3n) is 2.79. The second kappa shape index (κ2) is 7.95. The van der Waals surface area contributed by atoms with Crippen LogP contribution in [0.1, 0.15) is 10.8 Å². The average molecular weight is 334 g/mol. The minimum atomic E-state index is -0.323. The van der Waals surface area contributed by atoms with Gasteiger partial charge in [0, 0.05) is 20.6 Å². The van der Waals surface area contributed by atoms with Crippen molar-refractivity contribution in [1.82, 2.24) is 15.1 Å². The molecular formula is C15H18N4OS2. The smallest absolute Gasteiger partial charge is 0.240 e. The number of thioether (sulfide) groups is 1. The summed E-state index contributed by atoms with van der Waals surface area (Å²) in [7, 11) is 3.52. The van der Waals surface area contributed by atoms with Gasteiger partial charge in [-0.3, -0.25) is 4.79 Å². The fourth-order valence-corrected chi connectivity index (χ4v) is 3.81. The number of aromatic nitrogens is 2. The first-order chi connectivity index (χ1) is 10.6. The van der Waals surface area contributed by atoms with Crippen molar-refractivity contribution in [1.29, 1.82) is 0 Å². The molecule has 0 aliphatic carbocycles. The Morgan fingerprint density at radius 2 is 2.14 bits per heavy atom. The summed E-state index contributed by atoms with van der Waals surface area (Å²) in [6, 6.07) is 9.72. The summed E-state index contributed by atoms with van der Waals surface area (Å²) in [5.74, 6) is 0.0343. The molecule has 0 aliphatic heterocycles. The van der Waals surface area contributed by atoms with Gasteiger partial charge in [0.15, 0.2) is 4.34 Å². The van der Waals surface area contributed by atoms with E-state index < -0.39 is 0 Å². The monoisotopic (exact) mass is 334 g/mol. The van der Waals surface area contributed by atoms with Gasteiger partial charge in [-0.25, -0.2) is 0 Å². The van der Waals surface area contributed by atoms with Crippen LogP contribution in [0.3, 0.4) is 0 Å². The van der Waals surface area contributed by atoms with E-state index in [1.807, 2.05) is 30.3 Å². The second-order valence-corrected chi connectivity index (χ2v) is 7.01. The molecular weight excluding hydrogens is 316 g/mol. The van der Waals surface area contributed by atoms with E-state index in [-0.39, 0.29) is 11.2 Å². The van der Waals surface area contributed by atoms with Gasteiger partial charge in [0.25, 0.3) is 0 Å². The van der Waals surface area contributed by atoms with Gasteiger partial charge in [0.1, 0.15) is 5.25 Å². The highest BCUT2D eigenvalue weighted by molar-refractivity contribution is 8.01. The summed E-state index contributed by atoms with van der Waals surface area (Å²) in [5, 5.41) is 11.7. The van der Waals surface area contributed by atoms with Crippen LogP contribution in [0.4, 0.5) is 5.13 Å². The maximum absolute atomic E-state index is 12.5. The molecule has 2 aromatic rings. The molecule has 2 rings (SSSR count). The zero-order valence-corrected chi connectivity index (χ0v) is 14.2. The Morgan fingerprint density at radius 1 is 1.41 bits per heavy atom. The molecule has 1 atom stereocenters. The van der Waals surface area contributed by atoms with Crippen LogP contribution in [0.15, 0.2) is 47.3 Å². The lowest BCUT2D eigenvalue weighted by atomic mass is 10.1. The van der Waals surface area contributed by atoms with E-state index in [2.05, 4.69) is 22.1 Å². The topological polar surface area (TPSA) is 58.1 Å². The Hall–Kier alpha value is -1.86. The predicted octanol–water partition coefficient (Wildman–Crippen LogP) is 3.06. The zero-order valence-electron chi connectivity index (χ0n) is 12.5. The molecule has 5 nitrogen and oxygen atoms in total. The maximum Gasteiger partial charge on any atom is 0.240 e. The first-order valence-corrected chi connectivity index (χ1v) is 8.42. The Labute approximate surface area is 138 Å².